The summed E-state index contributed by atoms with van der Waals surface area (Å²) in [5, 5.41) is 8.57. The highest BCUT2D eigenvalue weighted by Crippen LogP contribution is 2.33. The van der Waals surface area contributed by atoms with E-state index in [1.807, 2.05) is 30.3 Å². The Morgan fingerprint density at radius 3 is 2.86 bits per heavy atom. The molecule has 1 aliphatic heterocycles. The van der Waals surface area contributed by atoms with Gasteiger partial charge in [-0.2, -0.15) is 0 Å². The van der Waals surface area contributed by atoms with Crippen molar-refractivity contribution >= 4 is 57.6 Å². The smallest absolute Gasteiger partial charge is 0.237 e. The molecule has 0 bridgehead atoms. The van der Waals surface area contributed by atoms with E-state index in [-0.39, 0.29) is 11.8 Å². The van der Waals surface area contributed by atoms with Gasteiger partial charge < -0.3 is 10.6 Å². The van der Waals surface area contributed by atoms with Crippen LogP contribution in [0.3, 0.4) is 0 Å². The molecule has 2 heterocycles. The van der Waals surface area contributed by atoms with Crippen LogP contribution in [-0.4, -0.2) is 30.2 Å². The van der Waals surface area contributed by atoms with Crippen molar-refractivity contribution in [2.45, 2.75) is 12.3 Å². The summed E-state index contributed by atoms with van der Waals surface area (Å²) in [5.74, 6) is -0.421. The highest BCUT2D eigenvalue weighted by molar-refractivity contribution is 6.31. The van der Waals surface area contributed by atoms with Crippen LogP contribution in [-0.2, 0) is 4.79 Å². The van der Waals surface area contributed by atoms with E-state index in [1.54, 1.807) is 24.5 Å². The number of nitrogens with one attached hydrogen (secondary N) is 2. The lowest BCUT2D eigenvalue weighted by molar-refractivity contribution is -0.115. The molecule has 2 aromatic carbocycles. The molecular formula is C21H18Cl2N4O. The van der Waals surface area contributed by atoms with Gasteiger partial charge in [-0.3, -0.25) is 14.8 Å². The second-order valence-electron chi connectivity index (χ2n) is 6.55. The average molecular weight is 413 g/mol. The van der Waals surface area contributed by atoms with Gasteiger partial charge in [-0.05, 0) is 48.4 Å². The summed E-state index contributed by atoms with van der Waals surface area (Å²) in [6.07, 6.45) is 4.33. The minimum Gasteiger partial charge on any atom is -0.384 e. The number of fused-ring (bicyclic) bond motifs is 2. The first-order chi connectivity index (χ1) is 13.6. The van der Waals surface area contributed by atoms with E-state index >= 15 is 0 Å². The van der Waals surface area contributed by atoms with E-state index in [0.717, 1.165) is 40.8 Å². The molecule has 0 spiro atoms. The number of benzene rings is 2. The molecule has 4 rings (SSSR count). The first kappa shape index (κ1) is 18.7. The van der Waals surface area contributed by atoms with Gasteiger partial charge in [-0.1, -0.05) is 29.3 Å². The maximum atomic E-state index is 12.1. The molecular weight excluding hydrogens is 395 g/mol. The van der Waals surface area contributed by atoms with E-state index in [1.165, 1.54) is 0 Å². The number of hydrogen-bond acceptors (Lipinski definition) is 4. The monoisotopic (exact) mass is 412 g/mol. The maximum absolute atomic E-state index is 12.1. The highest BCUT2D eigenvalue weighted by Gasteiger charge is 2.28. The molecule has 2 N–H and O–H groups in total. The summed E-state index contributed by atoms with van der Waals surface area (Å²) in [4.78, 5) is 20.9. The number of halogens is 2. The van der Waals surface area contributed by atoms with Crippen molar-refractivity contribution in [1.29, 1.82) is 0 Å². The molecule has 0 radical (unpaired) electrons. The molecule has 0 saturated carbocycles. The zero-order valence-corrected chi connectivity index (χ0v) is 16.5. The third-order valence-corrected chi connectivity index (χ3v) is 5.10. The Morgan fingerprint density at radius 2 is 1.96 bits per heavy atom. The van der Waals surface area contributed by atoms with E-state index in [0.29, 0.717) is 16.6 Å². The van der Waals surface area contributed by atoms with Crippen LogP contribution >= 0.6 is 23.2 Å². The van der Waals surface area contributed by atoms with Crippen molar-refractivity contribution in [3.05, 3.63) is 64.3 Å². The molecule has 28 heavy (non-hydrogen) atoms. The Balaban J connectivity index is 1.32. The zero-order valence-electron chi connectivity index (χ0n) is 15.0. The Morgan fingerprint density at radius 1 is 1.14 bits per heavy atom. The lowest BCUT2D eigenvalue weighted by Crippen LogP contribution is -2.13. The van der Waals surface area contributed by atoms with Crippen LogP contribution in [0.4, 0.5) is 11.4 Å². The Labute approximate surface area is 172 Å². The number of pyridine rings is 1. The van der Waals surface area contributed by atoms with Crippen molar-refractivity contribution in [3.63, 3.8) is 0 Å². The van der Waals surface area contributed by atoms with Crippen LogP contribution in [0.25, 0.3) is 10.9 Å². The van der Waals surface area contributed by atoms with Crippen LogP contribution in [0.15, 0.2) is 53.7 Å². The molecule has 1 atom stereocenters. The minimum absolute atomic E-state index is 0.0685. The van der Waals surface area contributed by atoms with Gasteiger partial charge in [-0.15, -0.1) is 0 Å². The van der Waals surface area contributed by atoms with Gasteiger partial charge in [0.05, 0.1) is 5.52 Å². The average Bonchev–Trinajstić information content (AvgIpc) is 2.98. The van der Waals surface area contributed by atoms with E-state index in [9.17, 15) is 4.79 Å². The number of carbonyl (C=O) groups is 1. The van der Waals surface area contributed by atoms with Gasteiger partial charge in [0.15, 0.2) is 0 Å². The summed E-state index contributed by atoms with van der Waals surface area (Å²) in [6.45, 7) is 1.40. The second-order valence-corrected chi connectivity index (χ2v) is 7.43. The Kier molecular flexibility index (Phi) is 5.46. The van der Waals surface area contributed by atoms with Crippen LogP contribution in [0, 0.1) is 0 Å². The predicted octanol–water partition coefficient (Wildman–Crippen LogP) is 5.15. The molecule has 7 heteroatoms. The fourth-order valence-corrected chi connectivity index (χ4v) is 3.59. The summed E-state index contributed by atoms with van der Waals surface area (Å²) in [6, 6.07) is 13.0. The van der Waals surface area contributed by atoms with Gasteiger partial charge in [0.2, 0.25) is 5.91 Å². The molecule has 1 unspecified atom stereocenters. The molecule has 0 fully saturated rings. The van der Waals surface area contributed by atoms with Crippen LogP contribution in [0.1, 0.15) is 17.9 Å². The van der Waals surface area contributed by atoms with Crippen molar-refractivity contribution in [2.75, 3.05) is 23.7 Å². The molecule has 1 amide bonds. The van der Waals surface area contributed by atoms with E-state index in [2.05, 4.69) is 20.6 Å². The molecule has 142 valence electrons. The van der Waals surface area contributed by atoms with Crippen molar-refractivity contribution < 1.29 is 4.79 Å². The third kappa shape index (κ3) is 3.96. The third-order valence-electron chi connectivity index (χ3n) is 4.63. The molecule has 5 nitrogen and oxygen atoms in total. The quantitative estimate of drug-likeness (QED) is 0.434. The molecule has 0 saturated heterocycles. The van der Waals surface area contributed by atoms with Crippen molar-refractivity contribution in [3.8, 4) is 0 Å². The molecule has 0 aliphatic carbocycles. The normalized spacial score (nSPS) is 15.8. The maximum Gasteiger partial charge on any atom is 0.237 e. The van der Waals surface area contributed by atoms with Crippen LogP contribution in [0.5, 0.6) is 0 Å². The van der Waals surface area contributed by atoms with Gasteiger partial charge in [-0.25, -0.2) is 0 Å². The SMILES string of the molecule is O=C1Nc2cc(Cl)ccc2C1C=NCCCNc1ccnc2cc(Cl)ccc12. The van der Waals surface area contributed by atoms with Crippen LogP contribution in [0.2, 0.25) is 10.0 Å². The van der Waals surface area contributed by atoms with Crippen molar-refractivity contribution in [2.24, 2.45) is 4.99 Å². The number of rotatable bonds is 6. The summed E-state index contributed by atoms with van der Waals surface area (Å²) >= 11 is 12.0. The topological polar surface area (TPSA) is 66.4 Å². The first-order valence-electron chi connectivity index (χ1n) is 9.00. The van der Waals surface area contributed by atoms with Crippen LogP contribution < -0.4 is 10.6 Å². The molecule has 1 aromatic heterocycles. The van der Waals surface area contributed by atoms with Gasteiger partial charge in [0, 0.05) is 52.3 Å². The number of nitrogens with zero attached hydrogens (tertiary/aromatic N) is 2. The lowest BCUT2D eigenvalue weighted by atomic mass is 10.0. The minimum atomic E-state index is -0.353. The number of hydrogen-bond donors (Lipinski definition) is 2. The fraction of sp³-hybridized carbons (Fsp3) is 0.190. The van der Waals surface area contributed by atoms with Gasteiger partial charge in [0.1, 0.15) is 5.92 Å². The van der Waals surface area contributed by atoms with Gasteiger partial charge >= 0.3 is 0 Å². The fourth-order valence-electron chi connectivity index (χ4n) is 3.26. The number of amides is 1. The summed E-state index contributed by atoms with van der Waals surface area (Å²) < 4.78 is 0. The lowest BCUT2D eigenvalue weighted by Gasteiger charge is -2.09. The highest BCUT2D eigenvalue weighted by atomic mass is 35.5. The largest absolute Gasteiger partial charge is 0.384 e. The summed E-state index contributed by atoms with van der Waals surface area (Å²) in [5.41, 5.74) is 3.56. The Bertz CT molecular complexity index is 1070. The van der Waals surface area contributed by atoms with E-state index < -0.39 is 0 Å². The first-order valence-corrected chi connectivity index (χ1v) is 9.76. The second kappa shape index (κ2) is 8.17. The zero-order chi connectivity index (χ0) is 19.5. The van der Waals surface area contributed by atoms with Crippen molar-refractivity contribution in [1.82, 2.24) is 4.98 Å². The molecule has 3 aromatic rings. The number of aliphatic imine (C=N–C) groups is 1. The standard InChI is InChI=1S/C21H18Cl2N4O/c22-13-3-5-16-18(6-9-26-19(16)10-13)25-8-1-7-24-12-17-15-4-2-14(23)11-20(15)27-21(17)28/h2-6,9-12,17H,1,7-8H2,(H,25,26)(H,27,28). The van der Waals surface area contributed by atoms with Gasteiger partial charge in [0.25, 0.3) is 0 Å². The Hall–Kier alpha value is -2.63. The summed E-state index contributed by atoms with van der Waals surface area (Å²) in [7, 11) is 0. The number of anilines is 2. The predicted molar refractivity (Wildman–Crippen MR) is 116 cm³/mol. The van der Waals surface area contributed by atoms with E-state index in [4.69, 9.17) is 23.2 Å². The molecule has 1 aliphatic rings. The number of aromatic nitrogens is 1. The number of carbonyl (C=O) groups excluding carboxylic acids is 1.